The fraction of sp³-hybridized carbons (Fsp3) is 0.588. The number of carbonyl (C=O) groups is 1. The Morgan fingerprint density at radius 2 is 1.96 bits per heavy atom. The van der Waals surface area contributed by atoms with Crippen molar-refractivity contribution in [3.8, 4) is 0 Å². The van der Waals surface area contributed by atoms with E-state index in [1.807, 2.05) is 24.3 Å². The number of hydrogen-bond donors (Lipinski definition) is 1. The molecule has 0 unspecified atom stereocenters. The van der Waals surface area contributed by atoms with Crippen LogP contribution in [0.5, 0.6) is 0 Å². The molecule has 1 aromatic carbocycles. The lowest BCUT2D eigenvalue weighted by Gasteiger charge is -2.34. The molecule has 2 rings (SSSR count). The van der Waals surface area contributed by atoms with Gasteiger partial charge in [0.1, 0.15) is 6.04 Å². The second-order valence-electron chi connectivity index (χ2n) is 6.41. The van der Waals surface area contributed by atoms with Gasteiger partial charge in [-0.15, -0.1) is 0 Å². The third-order valence-corrected chi connectivity index (χ3v) is 6.08. The highest BCUT2D eigenvalue weighted by Crippen LogP contribution is 2.26. The molecular weight excluding hydrogens is 312 g/mol. The lowest BCUT2D eigenvalue weighted by molar-refractivity contribution is -0.125. The number of rotatable bonds is 6. The zero-order valence-electron chi connectivity index (χ0n) is 14.1. The molecule has 1 amide bonds. The number of nitrogens with one attached hydrogen (secondary N) is 1. The molecule has 0 saturated heterocycles. The van der Waals surface area contributed by atoms with Gasteiger partial charge in [-0.2, -0.15) is 4.31 Å². The molecule has 1 aromatic rings. The molecule has 0 saturated carbocycles. The zero-order valence-corrected chi connectivity index (χ0v) is 14.9. The quantitative estimate of drug-likeness (QED) is 0.862. The third-order valence-electron chi connectivity index (χ3n) is 4.25. The van der Waals surface area contributed by atoms with Gasteiger partial charge in [-0.1, -0.05) is 38.1 Å². The van der Waals surface area contributed by atoms with Gasteiger partial charge in [0.25, 0.3) is 0 Å². The van der Waals surface area contributed by atoms with Crippen LogP contribution in [-0.2, 0) is 27.8 Å². The Morgan fingerprint density at radius 3 is 2.57 bits per heavy atom. The number of nitrogens with zero attached hydrogens (tertiary/aromatic N) is 1. The number of hydrogen-bond acceptors (Lipinski definition) is 3. The van der Waals surface area contributed by atoms with E-state index in [0.29, 0.717) is 18.9 Å². The normalized spacial score (nSPS) is 18.7. The summed E-state index contributed by atoms with van der Waals surface area (Å²) in [6.45, 7) is 6.65. The van der Waals surface area contributed by atoms with Crippen molar-refractivity contribution in [2.75, 3.05) is 12.3 Å². The molecule has 5 nitrogen and oxygen atoms in total. The first-order valence-electron chi connectivity index (χ1n) is 8.19. The first-order valence-corrected chi connectivity index (χ1v) is 9.80. The van der Waals surface area contributed by atoms with Gasteiger partial charge in [-0.05, 0) is 36.8 Å². The van der Waals surface area contributed by atoms with Crippen molar-refractivity contribution in [1.82, 2.24) is 9.62 Å². The Labute approximate surface area is 139 Å². The smallest absolute Gasteiger partial charge is 0.238 e. The van der Waals surface area contributed by atoms with Crippen LogP contribution in [0.3, 0.4) is 0 Å². The monoisotopic (exact) mass is 338 g/mol. The Kier molecular flexibility index (Phi) is 5.81. The summed E-state index contributed by atoms with van der Waals surface area (Å²) < 4.78 is 26.2. The van der Waals surface area contributed by atoms with Crippen molar-refractivity contribution in [3.63, 3.8) is 0 Å². The van der Waals surface area contributed by atoms with Gasteiger partial charge in [0.05, 0.1) is 5.75 Å². The third kappa shape index (κ3) is 4.32. The minimum atomic E-state index is -3.43. The molecule has 1 aliphatic heterocycles. The topological polar surface area (TPSA) is 66.5 Å². The predicted octanol–water partition coefficient (Wildman–Crippen LogP) is 1.93. The van der Waals surface area contributed by atoms with Crippen LogP contribution < -0.4 is 5.32 Å². The lowest BCUT2D eigenvalue weighted by atomic mass is 9.95. The van der Waals surface area contributed by atoms with Crippen molar-refractivity contribution in [1.29, 1.82) is 0 Å². The van der Waals surface area contributed by atoms with Crippen LogP contribution in [-0.4, -0.2) is 37.0 Å². The van der Waals surface area contributed by atoms with Crippen molar-refractivity contribution in [2.24, 2.45) is 5.92 Å². The number of fused-ring (bicyclic) bond motifs is 1. The van der Waals surface area contributed by atoms with Crippen LogP contribution in [0.2, 0.25) is 0 Å². The maximum Gasteiger partial charge on any atom is 0.238 e. The molecule has 0 bridgehead atoms. The summed E-state index contributed by atoms with van der Waals surface area (Å²) in [7, 11) is -3.43. The fourth-order valence-electron chi connectivity index (χ4n) is 2.78. The zero-order chi connectivity index (χ0) is 17.0. The fourth-order valence-corrected chi connectivity index (χ4v) is 4.01. The SMILES string of the molecule is CCS(=O)(=O)N1Cc2ccccc2C[C@H]1C(=O)NCCC(C)C. The first kappa shape index (κ1) is 17.9. The van der Waals surface area contributed by atoms with Gasteiger partial charge in [-0.3, -0.25) is 4.79 Å². The van der Waals surface area contributed by atoms with Crippen LogP contribution in [0, 0.1) is 5.92 Å². The highest BCUT2D eigenvalue weighted by atomic mass is 32.2. The van der Waals surface area contributed by atoms with Crippen molar-refractivity contribution in [3.05, 3.63) is 35.4 Å². The molecule has 0 aliphatic carbocycles. The summed E-state index contributed by atoms with van der Waals surface area (Å²) in [5, 5.41) is 2.90. The first-order chi connectivity index (χ1) is 10.8. The molecule has 0 radical (unpaired) electrons. The molecule has 1 aliphatic rings. The second kappa shape index (κ2) is 7.45. The van der Waals surface area contributed by atoms with E-state index in [-0.39, 0.29) is 18.2 Å². The molecule has 128 valence electrons. The predicted molar refractivity (Wildman–Crippen MR) is 91.4 cm³/mol. The maximum atomic E-state index is 12.5. The van der Waals surface area contributed by atoms with E-state index in [2.05, 4.69) is 19.2 Å². The van der Waals surface area contributed by atoms with Crippen molar-refractivity contribution in [2.45, 2.75) is 46.2 Å². The molecule has 1 atom stereocenters. The average molecular weight is 338 g/mol. The van der Waals surface area contributed by atoms with Gasteiger partial charge in [0.2, 0.25) is 15.9 Å². The van der Waals surface area contributed by atoms with E-state index < -0.39 is 16.1 Å². The standard InChI is InChI=1S/C17H26N2O3S/c1-4-23(21,22)19-12-15-8-6-5-7-14(15)11-16(19)17(20)18-10-9-13(2)3/h5-8,13,16H,4,9-12H2,1-3H3,(H,18,20)/t16-/m0/s1. The van der Waals surface area contributed by atoms with E-state index in [0.717, 1.165) is 17.5 Å². The maximum absolute atomic E-state index is 12.5. The molecular formula is C17H26N2O3S. The van der Waals surface area contributed by atoms with E-state index >= 15 is 0 Å². The number of amides is 1. The summed E-state index contributed by atoms with van der Waals surface area (Å²) >= 11 is 0. The summed E-state index contributed by atoms with van der Waals surface area (Å²) in [6, 6.07) is 7.08. The Balaban J connectivity index is 2.21. The molecule has 0 aromatic heterocycles. The van der Waals surface area contributed by atoms with Crippen molar-refractivity contribution < 1.29 is 13.2 Å². The van der Waals surface area contributed by atoms with E-state index in [9.17, 15) is 13.2 Å². The van der Waals surface area contributed by atoms with Gasteiger partial charge >= 0.3 is 0 Å². The van der Waals surface area contributed by atoms with Gasteiger partial charge in [0.15, 0.2) is 0 Å². The van der Waals surface area contributed by atoms with Crippen LogP contribution >= 0.6 is 0 Å². The van der Waals surface area contributed by atoms with E-state index in [1.54, 1.807) is 6.92 Å². The summed E-state index contributed by atoms with van der Waals surface area (Å²) in [4.78, 5) is 12.5. The minimum absolute atomic E-state index is 0.00490. The van der Waals surface area contributed by atoms with Gasteiger partial charge < -0.3 is 5.32 Å². The largest absolute Gasteiger partial charge is 0.355 e. The summed E-state index contributed by atoms with van der Waals surface area (Å²) in [5.74, 6) is 0.306. The lowest BCUT2D eigenvalue weighted by Crippen LogP contribution is -2.53. The summed E-state index contributed by atoms with van der Waals surface area (Å²) in [6.07, 6.45) is 1.32. The van der Waals surface area contributed by atoms with Crippen LogP contribution in [0.15, 0.2) is 24.3 Å². The Morgan fingerprint density at radius 1 is 1.30 bits per heavy atom. The molecule has 23 heavy (non-hydrogen) atoms. The number of carbonyl (C=O) groups excluding carboxylic acids is 1. The second-order valence-corrected chi connectivity index (χ2v) is 8.62. The molecule has 1 heterocycles. The van der Waals surface area contributed by atoms with Crippen molar-refractivity contribution >= 4 is 15.9 Å². The highest BCUT2D eigenvalue weighted by molar-refractivity contribution is 7.89. The number of benzene rings is 1. The highest BCUT2D eigenvalue weighted by Gasteiger charge is 2.37. The van der Waals surface area contributed by atoms with E-state index in [1.165, 1.54) is 4.31 Å². The average Bonchev–Trinajstić information content (AvgIpc) is 2.53. The molecule has 1 N–H and O–H groups in total. The van der Waals surface area contributed by atoms with Gasteiger partial charge in [-0.25, -0.2) is 8.42 Å². The van der Waals surface area contributed by atoms with Crippen LogP contribution in [0.25, 0.3) is 0 Å². The van der Waals surface area contributed by atoms with E-state index in [4.69, 9.17) is 0 Å². The molecule has 0 fully saturated rings. The number of sulfonamides is 1. The Hall–Kier alpha value is -1.40. The Bertz CT molecular complexity index is 656. The van der Waals surface area contributed by atoms with Crippen LogP contribution in [0.1, 0.15) is 38.3 Å². The minimum Gasteiger partial charge on any atom is -0.355 e. The molecule has 0 spiro atoms. The van der Waals surface area contributed by atoms with Gasteiger partial charge in [0, 0.05) is 13.1 Å². The van der Waals surface area contributed by atoms with Crippen LogP contribution in [0.4, 0.5) is 0 Å². The summed E-state index contributed by atoms with van der Waals surface area (Å²) in [5.41, 5.74) is 2.04. The molecule has 6 heteroatoms.